The Labute approximate surface area is 141 Å². The Kier molecular flexibility index (Phi) is 5.10. The van der Waals surface area contributed by atoms with E-state index in [2.05, 4.69) is 15.0 Å². The Morgan fingerprint density at radius 2 is 2.00 bits per heavy atom. The zero-order valence-corrected chi connectivity index (χ0v) is 14.1. The number of carbonyl (C=O) groups excluding carboxylic acids is 1. The summed E-state index contributed by atoms with van der Waals surface area (Å²) < 4.78 is 10.4. The lowest BCUT2D eigenvalue weighted by atomic mass is 10.1. The monoisotopic (exact) mass is 330 g/mol. The molecule has 0 saturated carbocycles. The first kappa shape index (κ1) is 16.4. The van der Waals surface area contributed by atoms with Crippen LogP contribution in [-0.4, -0.2) is 58.8 Å². The molecule has 1 aliphatic heterocycles. The van der Waals surface area contributed by atoms with Crippen molar-refractivity contribution in [2.45, 2.75) is 20.4 Å². The summed E-state index contributed by atoms with van der Waals surface area (Å²) in [5, 5.41) is 4.08. The molecule has 0 atom stereocenters. The van der Waals surface area contributed by atoms with Crippen LogP contribution in [-0.2, 0) is 11.3 Å². The fourth-order valence-corrected chi connectivity index (χ4v) is 2.75. The number of rotatable bonds is 4. The van der Waals surface area contributed by atoms with E-state index < -0.39 is 0 Å². The van der Waals surface area contributed by atoms with Crippen LogP contribution in [0.1, 0.15) is 18.4 Å². The number of nitrogens with zero attached hydrogens (tertiary/aromatic N) is 4. The number of hydrogen-bond donors (Lipinski definition) is 0. The van der Waals surface area contributed by atoms with Crippen LogP contribution < -0.4 is 0 Å². The predicted octanol–water partition coefficient (Wildman–Crippen LogP) is 2.32. The fourth-order valence-electron chi connectivity index (χ4n) is 2.75. The molecule has 0 aliphatic carbocycles. The lowest BCUT2D eigenvalue weighted by Gasteiger charge is -2.33. The summed E-state index contributed by atoms with van der Waals surface area (Å²) in [6.07, 6.45) is -0.239. The maximum absolute atomic E-state index is 11.7. The van der Waals surface area contributed by atoms with Crippen LogP contribution in [0.5, 0.6) is 0 Å². The van der Waals surface area contributed by atoms with Gasteiger partial charge in [-0.15, -0.1) is 0 Å². The molecule has 0 N–H and O–H groups in total. The maximum atomic E-state index is 11.7. The molecule has 7 nitrogen and oxygen atoms in total. The minimum atomic E-state index is -0.239. The van der Waals surface area contributed by atoms with Crippen molar-refractivity contribution in [3.05, 3.63) is 35.7 Å². The van der Waals surface area contributed by atoms with Gasteiger partial charge in [-0.3, -0.25) is 4.90 Å². The van der Waals surface area contributed by atoms with Gasteiger partial charge in [-0.1, -0.05) is 29.4 Å². The minimum absolute atomic E-state index is 0.239. The average molecular weight is 330 g/mol. The standard InChI is InChI=1S/C17H22N4O3/c1-3-23-17(22)21-10-8-20(9-11-21)12-15-18-16(19-24-15)14-7-5-4-6-13(14)2/h4-7H,3,8-12H2,1-2H3. The van der Waals surface area contributed by atoms with Crippen LogP contribution in [0.4, 0.5) is 4.79 Å². The summed E-state index contributed by atoms with van der Waals surface area (Å²) in [5.74, 6) is 1.21. The van der Waals surface area contributed by atoms with Crippen molar-refractivity contribution in [1.29, 1.82) is 0 Å². The summed E-state index contributed by atoms with van der Waals surface area (Å²) in [6, 6.07) is 7.97. The molecular formula is C17H22N4O3. The molecule has 1 aromatic heterocycles. The molecule has 2 aromatic rings. The normalized spacial score (nSPS) is 15.5. The number of piperazine rings is 1. The number of carbonyl (C=O) groups is 1. The third kappa shape index (κ3) is 3.73. The number of amides is 1. The van der Waals surface area contributed by atoms with Crippen molar-refractivity contribution in [3.63, 3.8) is 0 Å². The third-order valence-electron chi connectivity index (χ3n) is 4.11. The predicted molar refractivity (Wildman–Crippen MR) is 88.3 cm³/mol. The van der Waals surface area contributed by atoms with Crippen molar-refractivity contribution in [2.24, 2.45) is 0 Å². The van der Waals surface area contributed by atoms with Crippen molar-refractivity contribution in [2.75, 3.05) is 32.8 Å². The van der Waals surface area contributed by atoms with E-state index in [0.29, 0.717) is 38.0 Å². The summed E-state index contributed by atoms with van der Waals surface area (Å²) in [7, 11) is 0. The van der Waals surface area contributed by atoms with E-state index in [-0.39, 0.29) is 6.09 Å². The molecule has 128 valence electrons. The van der Waals surface area contributed by atoms with E-state index in [1.165, 1.54) is 0 Å². The van der Waals surface area contributed by atoms with Crippen LogP contribution >= 0.6 is 0 Å². The Hall–Kier alpha value is -2.41. The Balaban J connectivity index is 1.57. The summed E-state index contributed by atoms with van der Waals surface area (Å²) in [5.41, 5.74) is 2.10. The molecular weight excluding hydrogens is 308 g/mol. The number of hydrogen-bond acceptors (Lipinski definition) is 6. The summed E-state index contributed by atoms with van der Waals surface area (Å²) in [6.45, 7) is 7.67. The van der Waals surface area contributed by atoms with Crippen LogP contribution in [0.15, 0.2) is 28.8 Å². The molecule has 0 unspecified atom stereocenters. The lowest BCUT2D eigenvalue weighted by molar-refractivity contribution is 0.0749. The van der Waals surface area contributed by atoms with E-state index in [9.17, 15) is 4.79 Å². The first-order valence-electron chi connectivity index (χ1n) is 8.20. The molecule has 1 saturated heterocycles. The average Bonchev–Trinajstić information content (AvgIpc) is 3.04. The van der Waals surface area contributed by atoms with Crippen LogP contribution in [0, 0.1) is 6.92 Å². The number of aromatic nitrogens is 2. The molecule has 24 heavy (non-hydrogen) atoms. The molecule has 0 radical (unpaired) electrons. The number of benzene rings is 1. The molecule has 0 bridgehead atoms. The van der Waals surface area contributed by atoms with E-state index in [0.717, 1.165) is 24.2 Å². The van der Waals surface area contributed by atoms with Gasteiger partial charge in [0.1, 0.15) is 0 Å². The van der Waals surface area contributed by atoms with Gasteiger partial charge in [-0.05, 0) is 19.4 Å². The molecule has 1 aliphatic rings. The molecule has 1 amide bonds. The van der Waals surface area contributed by atoms with Gasteiger partial charge in [-0.25, -0.2) is 4.79 Å². The number of aryl methyl sites for hydroxylation is 1. The van der Waals surface area contributed by atoms with Crippen LogP contribution in [0.2, 0.25) is 0 Å². The minimum Gasteiger partial charge on any atom is -0.450 e. The highest BCUT2D eigenvalue weighted by Crippen LogP contribution is 2.20. The third-order valence-corrected chi connectivity index (χ3v) is 4.11. The van der Waals surface area contributed by atoms with Crippen molar-refractivity contribution >= 4 is 6.09 Å². The van der Waals surface area contributed by atoms with Gasteiger partial charge in [0.25, 0.3) is 0 Å². The Morgan fingerprint density at radius 1 is 1.25 bits per heavy atom. The highest BCUT2D eigenvalue weighted by atomic mass is 16.6. The van der Waals surface area contributed by atoms with Gasteiger partial charge in [-0.2, -0.15) is 4.98 Å². The van der Waals surface area contributed by atoms with Gasteiger partial charge in [0.2, 0.25) is 11.7 Å². The molecule has 3 rings (SSSR count). The Bertz CT molecular complexity index is 693. The van der Waals surface area contributed by atoms with Crippen LogP contribution in [0.25, 0.3) is 11.4 Å². The van der Waals surface area contributed by atoms with E-state index in [1.54, 1.807) is 4.90 Å². The van der Waals surface area contributed by atoms with Gasteiger partial charge in [0.15, 0.2) is 0 Å². The fraction of sp³-hybridized carbons (Fsp3) is 0.471. The molecule has 7 heteroatoms. The SMILES string of the molecule is CCOC(=O)N1CCN(Cc2nc(-c3ccccc3C)no2)CC1. The molecule has 1 fully saturated rings. The highest BCUT2D eigenvalue weighted by molar-refractivity contribution is 5.67. The van der Waals surface area contributed by atoms with E-state index >= 15 is 0 Å². The zero-order valence-electron chi connectivity index (χ0n) is 14.1. The lowest BCUT2D eigenvalue weighted by Crippen LogP contribution is -2.48. The first-order valence-corrected chi connectivity index (χ1v) is 8.20. The first-order chi connectivity index (χ1) is 11.7. The van der Waals surface area contributed by atoms with Gasteiger partial charge >= 0.3 is 6.09 Å². The van der Waals surface area contributed by atoms with Gasteiger partial charge in [0.05, 0.1) is 13.2 Å². The van der Waals surface area contributed by atoms with Gasteiger partial charge < -0.3 is 14.2 Å². The van der Waals surface area contributed by atoms with Crippen LogP contribution in [0.3, 0.4) is 0 Å². The van der Waals surface area contributed by atoms with Gasteiger partial charge in [0, 0.05) is 31.7 Å². The van der Waals surface area contributed by atoms with E-state index in [4.69, 9.17) is 9.26 Å². The number of ether oxygens (including phenoxy) is 1. The highest BCUT2D eigenvalue weighted by Gasteiger charge is 2.23. The molecule has 2 heterocycles. The molecule has 1 aromatic carbocycles. The molecule has 0 spiro atoms. The smallest absolute Gasteiger partial charge is 0.409 e. The summed E-state index contributed by atoms with van der Waals surface area (Å²) in [4.78, 5) is 20.1. The Morgan fingerprint density at radius 3 is 2.71 bits per heavy atom. The zero-order chi connectivity index (χ0) is 16.9. The summed E-state index contributed by atoms with van der Waals surface area (Å²) >= 11 is 0. The second-order valence-electron chi connectivity index (χ2n) is 5.79. The van der Waals surface area contributed by atoms with Crippen molar-refractivity contribution in [1.82, 2.24) is 19.9 Å². The largest absolute Gasteiger partial charge is 0.450 e. The quantitative estimate of drug-likeness (QED) is 0.857. The topological polar surface area (TPSA) is 71.7 Å². The second-order valence-corrected chi connectivity index (χ2v) is 5.79. The maximum Gasteiger partial charge on any atom is 0.409 e. The van der Waals surface area contributed by atoms with Crippen molar-refractivity contribution in [3.8, 4) is 11.4 Å². The second kappa shape index (κ2) is 7.44. The van der Waals surface area contributed by atoms with E-state index in [1.807, 2.05) is 38.1 Å². The van der Waals surface area contributed by atoms with Crippen molar-refractivity contribution < 1.29 is 14.1 Å².